The Hall–Kier alpha value is -1.65. The number of hydrogen-bond donors (Lipinski definition) is 1. The number of hydrogen-bond acceptors (Lipinski definition) is 5. The van der Waals surface area contributed by atoms with E-state index in [1.165, 1.54) is 24.6 Å². The Morgan fingerprint density at radius 1 is 1.47 bits per heavy atom. The van der Waals surface area contributed by atoms with Gasteiger partial charge in [0.05, 0.1) is 17.6 Å². The molecule has 1 aromatic heterocycles. The first kappa shape index (κ1) is 13.4. The van der Waals surface area contributed by atoms with E-state index in [9.17, 15) is 8.42 Å². The van der Waals surface area contributed by atoms with Crippen LogP contribution in [0.15, 0.2) is 18.3 Å². The lowest BCUT2D eigenvalue weighted by Crippen LogP contribution is -2.28. The van der Waals surface area contributed by atoms with E-state index in [4.69, 9.17) is 5.26 Å². The van der Waals surface area contributed by atoms with E-state index in [0.29, 0.717) is 17.9 Å². The standard InChI is InChI=1S/C10H14N4O2S/c1-14(2)17(15,16)6-5-12-10-4-3-9(7-11)13-8-10/h3-4,8,12H,5-6H2,1-2H3. The normalized spacial score (nSPS) is 11.2. The lowest BCUT2D eigenvalue weighted by molar-refractivity contribution is 0.521. The third-order valence-electron chi connectivity index (χ3n) is 2.12. The highest BCUT2D eigenvalue weighted by molar-refractivity contribution is 7.89. The molecule has 0 aliphatic carbocycles. The maximum absolute atomic E-state index is 11.4. The maximum Gasteiger partial charge on any atom is 0.215 e. The number of sulfonamides is 1. The van der Waals surface area contributed by atoms with Gasteiger partial charge >= 0.3 is 0 Å². The van der Waals surface area contributed by atoms with Crippen LogP contribution >= 0.6 is 0 Å². The lowest BCUT2D eigenvalue weighted by atomic mass is 10.3. The van der Waals surface area contributed by atoms with Gasteiger partial charge in [-0.2, -0.15) is 5.26 Å². The van der Waals surface area contributed by atoms with E-state index < -0.39 is 10.0 Å². The molecular formula is C10H14N4O2S. The Morgan fingerprint density at radius 3 is 2.65 bits per heavy atom. The van der Waals surface area contributed by atoms with Gasteiger partial charge in [0.25, 0.3) is 0 Å². The summed E-state index contributed by atoms with van der Waals surface area (Å²) < 4.78 is 24.1. The molecule has 0 atom stereocenters. The van der Waals surface area contributed by atoms with Crippen LogP contribution in [0, 0.1) is 11.3 Å². The van der Waals surface area contributed by atoms with Crippen molar-refractivity contribution in [3.05, 3.63) is 24.0 Å². The van der Waals surface area contributed by atoms with Crippen LogP contribution in [0.2, 0.25) is 0 Å². The maximum atomic E-state index is 11.4. The summed E-state index contributed by atoms with van der Waals surface area (Å²) in [6, 6.07) is 5.17. The predicted molar refractivity (Wildman–Crippen MR) is 64.9 cm³/mol. The minimum atomic E-state index is -3.18. The van der Waals surface area contributed by atoms with Crippen LogP contribution in [-0.2, 0) is 10.0 Å². The van der Waals surface area contributed by atoms with E-state index in [0.717, 1.165) is 0 Å². The Bertz CT molecular complexity index is 502. The van der Waals surface area contributed by atoms with Gasteiger partial charge in [0.15, 0.2) is 0 Å². The SMILES string of the molecule is CN(C)S(=O)(=O)CCNc1ccc(C#N)nc1. The number of rotatable bonds is 5. The molecule has 0 aromatic carbocycles. The zero-order valence-corrected chi connectivity index (χ0v) is 10.5. The van der Waals surface area contributed by atoms with Gasteiger partial charge in [-0.25, -0.2) is 17.7 Å². The summed E-state index contributed by atoms with van der Waals surface area (Å²) in [4.78, 5) is 3.86. The van der Waals surface area contributed by atoms with Crippen molar-refractivity contribution in [3.63, 3.8) is 0 Å². The van der Waals surface area contributed by atoms with Crippen LogP contribution in [0.4, 0.5) is 5.69 Å². The zero-order valence-electron chi connectivity index (χ0n) is 9.71. The van der Waals surface area contributed by atoms with Crippen LogP contribution in [0.25, 0.3) is 0 Å². The smallest absolute Gasteiger partial charge is 0.215 e. The van der Waals surface area contributed by atoms with Gasteiger partial charge in [0.2, 0.25) is 10.0 Å². The first-order chi connectivity index (χ1) is 7.95. The molecule has 0 bridgehead atoms. The number of anilines is 1. The molecule has 1 aromatic rings. The fraction of sp³-hybridized carbons (Fsp3) is 0.400. The molecule has 1 heterocycles. The molecule has 0 unspecified atom stereocenters. The van der Waals surface area contributed by atoms with Crippen molar-refractivity contribution < 1.29 is 8.42 Å². The van der Waals surface area contributed by atoms with E-state index in [-0.39, 0.29) is 5.75 Å². The second-order valence-electron chi connectivity index (χ2n) is 3.57. The van der Waals surface area contributed by atoms with Crippen LogP contribution in [0.3, 0.4) is 0 Å². The highest BCUT2D eigenvalue weighted by atomic mass is 32.2. The van der Waals surface area contributed by atoms with E-state index in [1.54, 1.807) is 12.1 Å². The summed E-state index contributed by atoms with van der Waals surface area (Å²) in [5.74, 6) is 0.0139. The van der Waals surface area contributed by atoms with Gasteiger partial charge in [-0.15, -0.1) is 0 Å². The van der Waals surface area contributed by atoms with Crippen molar-refractivity contribution in [1.29, 1.82) is 5.26 Å². The molecule has 0 saturated heterocycles. The second-order valence-corrected chi connectivity index (χ2v) is 5.87. The average molecular weight is 254 g/mol. The van der Waals surface area contributed by atoms with Crippen molar-refractivity contribution in [2.75, 3.05) is 31.7 Å². The van der Waals surface area contributed by atoms with Crippen LogP contribution in [0.5, 0.6) is 0 Å². The van der Waals surface area contributed by atoms with Crippen molar-refractivity contribution >= 4 is 15.7 Å². The third-order valence-corrected chi connectivity index (χ3v) is 3.96. The van der Waals surface area contributed by atoms with E-state index in [2.05, 4.69) is 10.3 Å². The predicted octanol–water partition coefficient (Wildman–Crippen LogP) is 0.257. The molecule has 17 heavy (non-hydrogen) atoms. The number of nitrogens with zero attached hydrogens (tertiary/aromatic N) is 3. The molecule has 1 N–H and O–H groups in total. The van der Waals surface area contributed by atoms with Gasteiger partial charge in [0, 0.05) is 20.6 Å². The Morgan fingerprint density at radius 2 is 2.18 bits per heavy atom. The Balaban J connectivity index is 2.49. The molecule has 7 heteroatoms. The molecule has 6 nitrogen and oxygen atoms in total. The van der Waals surface area contributed by atoms with E-state index >= 15 is 0 Å². The van der Waals surface area contributed by atoms with Gasteiger partial charge < -0.3 is 5.32 Å². The number of aromatic nitrogens is 1. The van der Waals surface area contributed by atoms with Crippen LogP contribution < -0.4 is 5.32 Å². The molecule has 0 aliphatic heterocycles. The molecular weight excluding hydrogens is 240 g/mol. The van der Waals surface area contributed by atoms with Gasteiger partial charge in [-0.05, 0) is 12.1 Å². The first-order valence-corrected chi connectivity index (χ1v) is 6.57. The molecule has 0 amide bonds. The largest absolute Gasteiger partial charge is 0.383 e. The van der Waals surface area contributed by atoms with Crippen molar-refractivity contribution in [2.24, 2.45) is 0 Å². The highest BCUT2D eigenvalue weighted by Crippen LogP contribution is 2.05. The summed E-state index contributed by atoms with van der Waals surface area (Å²) in [5.41, 5.74) is 1.02. The van der Waals surface area contributed by atoms with Crippen molar-refractivity contribution in [3.8, 4) is 6.07 Å². The Labute approximate surface area is 101 Å². The van der Waals surface area contributed by atoms with Crippen molar-refractivity contribution in [2.45, 2.75) is 0 Å². The average Bonchev–Trinajstić information content (AvgIpc) is 2.29. The van der Waals surface area contributed by atoms with Gasteiger partial charge in [-0.1, -0.05) is 0 Å². The number of nitrogens with one attached hydrogen (secondary N) is 1. The molecule has 92 valence electrons. The molecule has 1 rings (SSSR count). The minimum Gasteiger partial charge on any atom is -0.383 e. The van der Waals surface area contributed by atoms with Gasteiger partial charge in [0.1, 0.15) is 11.8 Å². The molecule has 0 radical (unpaired) electrons. The zero-order chi connectivity index (χ0) is 12.9. The lowest BCUT2D eigenvalue weighted by Gasteiger charge is -2.11. The van der Waals surface area contributed by atoms with Crippen LogP contribution in [0.1, 0.15) is 5.69 Å². The fourth-order valence-electron chi connectivity index (χ4n) is 1.07. The number of pyridine rings is 1. The summed E-state index contributed by atoms with van der Waals surface area (Å²) >= 11 is 0. The first-order valence-electron chi connectivity index (χ1n) is 4.96. The highest BCUT2D eigenvalue weighted by Gasteiger charge is 2.12. The van der Waals surface area contributed by atoms with E-state index in [1.807, 2.05) is 6.07 Å². The third kappa shape index (κ3) is 4.01. The van der Waals surface area contributed by atoms with Crippen molar-refractivity contribution in [1.82, 2.24) is 9.29 Å². The second kappa shape index (κ2) is 5.61. The molecule has 0 aliphatic rings. The molecule has 0 saturated carbocycles. The molecule has 0 fully saturated rings. The summed E-state index contributed by atoms with van der Waals surface area (Å²) in [5, 5.41) is 11.5. The summed E-state index contributed by atoms with van der Waals surface area (Å²) in [6.07, 6.45) is 1.50. The summed E-state index contributed by atoms with van der Waals surface area (Å²) in [7, 11) is -0.186. The minimum absolute atomic E-state index is 0.0139. The summed E-state index contributed by atoms with van der Waals surface area (Å²) in [6.45, 7) is 0.300. The Kier molecular flexibility index (Phi) is 4.43. The monoisotopic (exact) mass is 254 g/mol. The number of nitriles is 1. The van der Waals surface area contributed by atoms with Gasteiger partial charge in [-0.3, -0.25) is 0 Å². The van der Waals surface area contributed by atoms with Crippen LogP contribution in [-0.4, -0.2) is 44.1 Å². The quantitative estimate of drug-likeness (QED) is 0.814. The molecule has 0 spiro atoms. The fourth-order valence-corrected chi connectivity index (χ4v) is 1.80. The topological polar surface area (TPSA) is 86.1 Å².